The van der Waals surface area contributed by atoms with Gasteiger partial charge in [-0.3, -0.25) is 0 Å². The van der Waals surface area contributed by atoms with Crippen LogP contribution in [0.4, 0.5) is 11.4 Å². The van der Waals surface area contributed by atoms with Crippen LogP contribution in [-0.2, 0) is 5.41 Å². The van der Waals surface area contributed by atoms with Crippen molar-refractivity contribution in [2.75, 3.05) is 4.81 Å². The van der Waals surface area contributed by atoms with E-state index in [1.807, 2.05) is 11.3 Å². The Bertz CT molecular complexity index is 3800. The van der Waals surface area contributed by atoms with Crippen molar-refractivity contribution in [1.82, 2.24) is 4.57 Å². The molecule has 0 bridgehead atoms. The van der Waals surface area contributed by atoms with Gasteiger partial charge in [0.25, 0.3) is 0 Å². The van der Waals surface area contributed by atoms with Gasteiger partial charge in [0.1, 0.15) is 22.3 Å². The van der Waals surface area contributed by atoms with E-state index in [2.05, 4.69) is 176 Å². The van der Waals surface area contributed by atoms with Crippen molar-refractivity contribution in [3.63, 3.8) is 0 Å². The molecule has 8 aromatic carbocycles. The summed E-state index contributed by atoms with van der Waals surface area (Å²) in [5.41, 5.74) is 16.0. The average molecular weight is 761 g/mol. The van der Waals surface area contributed by atoms with Crippen molar-refractivity contribution in [1.29, 1.82) is 0 Å². The van der Waals surface area contributed by atoms with Gasteiger partial charge in [-0.25, -0.2) is 0 Å². The summed E-state index contributed by atoms with van der Waals surface area (Å²) in [6, 6.07) is 54.0. The highest BCUT2D eigenvalue weighted by molar-refractivity contribution is 7.25. The molecule has 0 spiro atoms. The number of rotatable bonds is 1. The number of nitrogens with zero attached hydrogens (tertiary/aromatic N) is 2. The fourth-order valence-electron chi connectivity index (χ4n) is 10.5. The zero-order chi connectivity index (χ0) is 38.2. The predicted octanol–water partition coefficient (Wildman–Crippen LogP) is 13.5. The van der Waals surface area contributed by atoms with Crippen molar-refractivity contribution in [3.05, 3.63) is 151 Å². The molecule has 4 aromatic heterocycles. The zero-order valence-electron chi connectivity index (χ0n) is 32.1. The molecule has 0 atom stereocenters. The first-order valence-corrected chi connectivity index (χ1v) is 20.9. The minimum atomic E-state index is -0.116. The second kappa shape index (κ2) is 10.6. The predicted molar refractivity (Wildman–Crippen MR) is 246 cm³/mol. The molecule has 272 valence electrons. The average Bonchev–Trinajstić information content (AvgIpc) is 4.00. The lowest BCUT2D eigenvalue weighted by atomic mass is 9.44. The van der Waals surface area contributed by atoms with Crippen LogP contribution in [0.5, 0.6) is 0 Å². The Hall–Kier alpha value is -6.76. The van der Waals surface area contributed by atoms with E-state index in [1.165, 1.54) is 69.9 Å². The van der Waals surface area contributed by atoms with Crippen molar-refractivity contribution < 1.29 is 8.83 Å². The van der Waals surface area contributed by atoms with Crippen LogP contribution in [0, 0.1) is 0 Å². The number of aromatic nitrogens is 1. The standard InChI is InChI=1S/C52H33BN2O2S/c1-52(2,3)28-16-18-29(19-17-28)55-41-26-45-37(31-11-5-7-13-43(31)56-45)24-36(41)33-20-21-35-48-40(23-22-34-30-10-4-8-14-44(30)57-51(34)48)54-42-27-47-38(32-12-6-9-15-46(32)58-47)25-39(42)53(55)49(33)50(35)54/h4-27H,1-3H3. The van der Waals surface area contributed by atoms with E-state index in [-0.39, 0.29) is 12.3 Å². The molecule has 0 saturated heterocycles. The van der Waals surface area contributed by atoms with Gasteiger partial charge in [-0.05, 0) is 82.1 Å². The topological polar surface area (TPSA) is 34.5 Å². The first-order valence-electron chi connectivity index (χ1n) is 20.1. The van der Waals surface area contributed by atoms with Gasteiger partial charge in [0.15, 0.2) is 0 Å². The van der Waals surface area contributed by atoms with Crippen molar-refractivity contribution in [3.8, 4) is 16.8 Å². The van der Waals surface area contributed by atoms with Gasteiger partial charge in [-0.1, -0.05) is 106 Å². The fourth-order valence-corrected chi connectivity index (χ4v) is 11.6. The fraction of sp³-hybridized carbons (Fsp3) is 0.0769. The molecule has 0 unspecified atom stereocenters. The summed E-state index contributed by atoms with van der Waals surface area (Å²) >= 11 is 1.88. The molecule has 6 heterocycles. The summed E-state index contributed by atoms with van der Waals surface area (Å²) in [5.74, 6) is 0. The second-order valence-electron chi connectivity index (χ2n) is 17.2. The Labute approximate surface area is 337 Å². The van der Waals surface area contributed by atoms with Gasteiger partial charge in [0.05, 0.1) is 16.4 Å². The number of thiophene rings is 1. The van der Waals surface area contributed by atoms with E-state index < -0.39 is 0 Å². The highest BCUT2D eigenvalue weighted by Crippen LogP contribution is 2.50. The third-order valence-electron chi connectivity index (χ3n) is 13.1. The van der Waals surface area contributed by atoms with Crippen LogP contribution < -0.4 is 15.7 Å². The highest BCUT2D eigenvalue weighted by atomic mass is 32.1. The smallest absolute Gasteiger partial charge is 0.333 e. The first-order chi connectivity index (χ1) is 28.4. The second-order valence-corrected chi connectivity index (χ2v) is 18.3. The minimum Gasteiger partial charge on any atom is -0.456 e. The van der Waals surface area contributed by atoms with Gasteiger partial charge in [-0.2, -0.15) is 0 Å². The van der Waals surface area contributed by atoms with Gasteiger partial charge in [0, 0.05) is 75.8 Å². The summed E-state index contributed by atoms with van der Waals surface area (Å²) in [6.45, 7) is 6.74. The maximum Gasteiger partial charge on any atom is 0.333 e. The molecule has 0 radical (unpaired) electrons. The first kappa shape index (κ1) is 31.3. The Morgan fingerprint density at radius 1 is 0.534 bits per heavy atom. The number of para-hydroxylation sites is 2. The van der Waals surface area contributed by atoms with E-state index >= 15 is 0 Å². The number of fused-ring (bicyclic) bond motifs is 18. The van der Waals surface area contributed by atoms with Gasteiger partial charge in [0.2, 0.25) is 0 Å². The van der Waals surface area contributed by atoms with E-state index in [9.17, 15) is 0 Å². The maximum absolute atomic E-state index is 6.82. The zero-order valence-corrected chi connectivity index (χ0v) is 32.9. The number of benzene rings is 8. The summed E-state index contributed by atoms with van der Waals surface area (Å²) in [5, 5.41) is 9.55. The van der Waals surface area contributed by atoms with E-state index in [4.69, 9.17) is 8.83 Å². The quantitative estimate of drug-likeness (QED) is 0.156. The molecule has 58 heavy (non-hydrogen) atoms. The van der Waals surface area contributed by atoms with Crippen LogP contribution in [0.2, 0.25) is 0 Å². The molecule has 2 aliphatic rings. The van der Waals surface area contributed by atoms with Gasteiger partial charge >= 0.3 is 6.85 Å². The summed E-state index contributed by atoms with van der Waals surface area (Å²) in [4.78, 5) is 2.60. The lowest BCUT2D eigenvalue weighted by Crippen LogP contribution is -2.60. The normalized spacial score (nSPS) is 13.7. The molecule has 14 rings (SSSR count). The molecule has 6 heteroatoms. The Morgan fingerprint density at radius 3 is 2.07 bits per heavy atom. The molecule has 12 aromatic rings. The largest absolute Gasteiger partial charge is 0.456 e. The molecule has 2 aliphatic heterocycles. The molecule has 0 fully saturated rings. The Balaban J connectivity index is 1.18. The number of anilines is 2. The van der Waals surface area contributed by atoms with E-state index in [1.54, 1.807) is 0 Å². The molecular formula is C52H33BN2O2S. The van der Waals surface area contributed by atoms with Crippen molar-refractivity contribution in [2.45, 2.75) is 26.2 Å². The molecular weight excluding hydrogens is 727 g/mol. The molecule has 0 saturated carbocycles. The van der Waals surface area contributed by atoms with Crippen LogP contribution >= 0.6 is 11.3 Å². The van der Waals surface area contributed by atoms with Gasteiger partial charge in [-0.15, -0.1) is 11.3 Å². The minimum absolute atomic E-state index is 0.0313. The van der Waals surface area contributed by atoms with Crippen LogP contribution in [0.3, 0.4) is 0 Å². The Morgan fingerprint density at radius 2 is 1.26 bits per heavy atom. The number of hydrogen-bond acceptors (Lipinski definition) is 4. The monoisotopic (exact) mass is 760 g/mol. The van der Waals surface area contributed by atoms with Crippen LogP contribution in [0.15, 0.2) is 154 Å². The van der Waals surface area contributed by atoms with Gasteiger partial charge < -0.3 is 18.2 Å². The summed E-state index contributed by atoms with van der Waals surface area (Å²) in [7, 11) is 0. The lowest BCUT2D eigenvalue weighted by molar-refractivity contribution is 0.590. The maximum atomic E-state index is 6.82. The van der Waals surface area contributed by atoms with Crippen LogP contribution in [0.1, 0.15) is 26.3 Å². The van der Waals surface area contributed by atoms with Crippen molar-refractivity contribution in [2.24, 2.45) is 0 Å². The SMILES string of the molecule is CC(C)(C)c1ccc(N2B3c4cc5c(cc4-n4c6ccc7c8ccccc8oc7c6c6ccc(c3c64)-c3cc4c(cc32)oc2ccccc24)sc2ccccc25)cc1. The summed E-state index contributed by atoms with van der Waals surface area (Å²) in [6.07, 6.45) is 0. The molecule has 0 amide bonds. The molecule has 0 aliphatic carbocycles. The highest BCUT2D eigenvalue weighted by Gasteiger charge is 2.45. The molecule has 0 N–H and O–H groups in total. The third-order valence-corrected chi connectivity index (χ3v) is 14.3. The third kappa shape index (κ3) is 3.86. The lowest BCUT2D eigenvalue weighted by Gasteiger charge is -2.42. The van der Waals surface area contributed by atoms with Crippen LogP contribution in [0.25, 0.3) is 103 Å². The Kier molecular flexibility index (Phi) is 5.73. The van der Waals surface area contributed by atoms with Crippen molar-refractivity contribution >= 4 is 126 Å². The van der Waals surface area contributed by atoms with Crippen LogP contribution in [-0.4, -0.2) is 11.4 Å². The number of hydrogen-bond donors (Lipinski definition) is 0. The van der Waals surface area contributed by atoms with E-state index in [0.29, 0.717) is 0 Å². The van der Waals surface area contributed by atoms with E-state index in [0.717, 1.165) is 60.6 Å². The summed E-state index contributed by atoms with van der Waals surface area (Å²) < 4.78 is 18.6. The molecule has 4 nitrogen and oxygen atoms in total. The number of furan rings is 2.